The molecule has 1 amide bonds. The number of benzene rings is 2. The van der Waals surface area contributed by atoms with Gasteiger partial charge in [0.15, 0.2) is 6.04 Å². The molecule has 1 fully saturated rings. The molecule has 5 heteroatoms. The highest BCUT2D eigenvalue weighted by Gasteiger charge is 2.51. The third-order valence-electron chi connectivity index (χ3n) is 7.05. The first-order valence-corrected chi connectivity index (χ1v) is 11.0. The first kappa shape index (κ1) is 23.8. The maximum Gasteiger partial charge on any atom is 0.254 e. The Balaban J connectivity index is 0.00000289. The van der Waals surface area contributed by atoms with Gasteiger partial charge in [-0.05, 0) is 43.2 Å². The minimum Gasteiger partial charge on any atom is -1.00 e. The van der Waals surface area contributed by atoms with Crippen molar-refractivity contribution in [3.63, 3.8) is 0 Å². The lowest BCUT2D eigenvalue weighted by Gasteiger charge is -2.37. The van der Waals surface area contributed by atoms with Crippen LogP contribution in [0.5, 0.6) is 0 Å². The molecule has 1 heterocycles. The fraction of sp³-hybridized carbons (Fsp3) is 0.333. The third kappa shape index (κ3) is 3.89. The highest BCUT2D eigenvalue weighted by atomic mass is 79.9. The minimum absolute atomic E-state index is 0. The fourth-order valence-corrected chi connectivity index (χ4v) is 5.50. The van der Waals surface area contributed by atoms with Crippen molar-refractivity contribution in [1.29, 1.82) is 0 Å². The van der Waals surface area contributed by atoms with E-state index < -0.39 is 5.41 Å². The molecular weight excluding hydrogens is 462 g/mol. The number of nitrogens with zero attached hydrogens (tertiary/aromatic N) is 2. The molecule has 0 saturated heterocycles. The van der Waals surface area contributed by atoms with Crippen molar-refractivity contribution in [2.75, 3.05) is 0 Å². The Kier molecular flexibility index (Phi) is 7.26. The van der Waals surface area contributed by atoms with Gasteiger partial charge >= 0.3 is 0 Å². The van der Waals surface area contributed by atoms with Gasteiger partial charge < -0.3 is 22.7 Å². The summed E-state index contributed by atoms with van der Waals surface area (Å²) in [5.74, 6) is 3.77. The van der Waals surface area contributed by atoms with Gasteiger partial charge in [-0.3, -0.25) is 4.79 Å². The summed E-state index contributed by atoms with van der Waals surface area (Å²) in [4.78, 5) is 13.2. The van der Waals surface area contributed by atoms with Gasteiger partial charge in [0, 0.05) is 6.92 Å². The number of carbonyl (C=O) groups is 1. The van der Waals surface area contributed by atoms with E-state index in [2.05, 4.69) is 34.4 Å². The van der Waals surface area contributed by atoms with E-state index in [1.165, 1.54) is 0 Å². The van der Waals surface area contributed by atoms with Crippen molar-refractivity contribution in [3.05, 3.63) is 90.0 Å². The SMILES string of the molecule is C#CC(C)n1cc[n+]([C@@H]2CC[C@H](C(C(N)=O)(c3ccccc3)c3ccccc3)C2)c1C.[Br-]. The number of nitrogens with two attached hydrogens (primary N) is 1. The van der Waals surface area contributed by atoms with Crippen LogP contribution in [0.1, 0.15) is 55.2 Å². The molecule has 3 aromatic rings. The summed E-state index contributed by atoms with van der Waals surface area (Å²) >= 11 is 0. The van der Waals surface area contributed by atoms with E-state index in [1.807, 2.05) is 67.6 Å². The van der Waals surface area contributed by atoms with Crippen molar-refractivity contribution in [2.45, 2.75) is 50.6 Å². The van der Waals surface area contributed by atoms with E-state index in [9.17, 15) is 4.79 Å². The second kappa shape index (κ2) is 9.75. The summed E-state index contributed by atoms with van der Waals surface area (Å²) in [6, 6.07) is 20.4. The summed E-state index contributed by atoms with van der Waals surface area (Å²) in [6.07, 6.45) is 12.6. The minimum atomic E-state index is -0.847. The Morgan fingerprint density at radius 3 is 2.19 bits per heavy atom. The molecule has 4 rings (SSSR count). The standard InChI is InChI=1S/C27H29N3O.BrH/c1-4-20(2)29-17-18-30(21(29)3)25-16-15-24(19-25)27(26(28)31,22-11-7-5-8-12-22)23-13-9-6-10-14-23;/h1,5-14,17-18,20,24-25H,15-16,19H2,2-3H3,(H-,28,31);1H/t20?,24-,25+;/m0./s1. The monoisotopic (exact) mass is 491 g/mol. The second-order valence-corrected chi connectivity index (χ2v) is 8.57. The Hall–Kier alpha value is -2.84. The molecule has 1 aromatic heterocycles. The van der Waals surface area contributed by atoms with Crippen LogP contribution in [-0.4, -0.2) is 10.5 Å². The number of halogens is 1. The van der Waals surface area contributed by atoms with Gasteiger partial charge in [-0.15, -0.1) is 6.42 Å². The molecule has 0 aliphatic heterocycles. The predicted octanol–water partition coefficient (Wildman–Crippen LogP) is 1.10. The first-order valence-electron chi connectivity index (χ1n) is 11.0. The second-order valence-electron chi connectivity index (χ2n) is 8.57. The quantitative estimate of drug-likeness (QED) is 0.407. The van der Waals surface area contributed by atoms with Crippen LogP contribution in [0.25, 0.3) is 0 Å². The first-order chi connectivity index (χ1) is 15.0. The normalized spacial score (nSPS) is 19.0. The molecule has 1 unspecified atom stereocenters. The summed E-state index contributed by atoms with van der Waals surface area (Å²) in [5, 5.41) is 0. The lowest BCUT2D eigenvalue weighted by Crippen LogP contribution is -3.00. The molecule has 1 aliphatic rings. The van der Waals surface area contributed by atoms with Gasteiger partial charge in [0.2, 0.25) is 5.91 Å². The molecule has 0 spiro atoms. The molecule has 0 radical (unpaired) electrons. The fourth-order valence-electron chi connectivity index (χ4n) is 5.50. The lowest BCUT2D eigenvalue weighted by atomic mass is 9.64. The van der Waals surface area contributed by atoms with Crippen molar-refractivity contribution >= 4 is 5.91 Å². The van der Waals surface area contributed by atoms with Crippen molar-refractivity contribution in [2.24, 2.45) is 11.7 Å². The number of rotatable bonds is 6. The van der Waals surface area contributed by atoms with E-state index in [-0.39, 0.29) is 34.8 Å². The van der Waals surface area contributed by atoms with Gasteiger partial charge in [-0.1, -0.05) is 66.6 Å². The number of hydrogen-bond donors (Lipinski definition) is 1. The smallest absolute Gasteiger partial charge is 0.254 e. The number of carbonyl (C=O) groups excluding carboxylic acids is 1. The average Bonchev–Trinajstić information content (AvgIpc) is 3.42. The van der Waals surface area contributed by atoms with Crippen LogP contribution in [0.15, 0.2) is 73.1 Å². The maximum absolute atomic E-state index is 13.2. The molecule has 2 aromatic carbocycles. The Morgan fingerprint density at radius 1 is 1.12 bits per heavy atom. The topological polar surface area (TPSA) is 51.9 Å². The Labute approximate surface area is 201 Å². The van der Waals surface area contributed by atoms with Gasteiger partial charge in [0.25, 0.3) is 5.82 Å². The number of hydrogen-bond acceptors (Lipinski definition) is 1. The molecule has 1 aliphatic carbocycles. The molecule has 1 saturated carbocycles. The van der Waals surface area contributed by atoms with E-state index in [4.69, 9.17) is 12.2 Å². The number of primary amides is 1. The molecule has 32 heavy (non-hydrogen) atoms. The molecule has 4 nitrogen and oxygen atoms in total. The van der Waals surface area contributed by atoms with E-state index in [0.717, 1.165) is 36.2 Å². The van der Waals surface area contributed by atoms with Crippen LogP contribution < -0.4 is 27.3 Å². The zero-order valence-corrected chi connectivity index (χ0v) is 20.2. The van der Waals surface area contributed by atoms with Crippen LogP contribution in [0.3, 0.4) is 0 Å². The third-order valence-corrected chi connectivity index (χ3v) is 7.05. The lowest BCUT2D eigenvalue weighted by molar-refractivity contribution is -0.727. The zero-order chi connectivity index (χ0) is 22.0. The van der Waals surface area contributed by atoms with Crippen LogP contribution in [0, 0.1) is 25.2 Å². The van der Waals surface area contributed by atoms with E-state index in [0.29, 0.717) is 6.04 Å². The molecule has 2 N–H and O–H groups in total. The van der Waals surface area contributed by atoms with Crippen molar-refractivity contribution < 1.29 is 26.3 Å². The van der Waals surface area contributed by atoms with Crippen LogP contribution in [0.4, 0.5) is 0 Å². The number of aromatic nitrogens is 2. The van der Waals surface area contributed by atoms with Gasteiger partial charge in [-0.2, -0.15) is 0 Å². The Bertz CT molecular complexity index is 1060. The molecule has 3 atom stereocenters. The average molecular weight is 492 g/mol. The summed E-state index contributed by atoms with van der Waals surface area (Å²) in [7, 11) is 0. The maximum atomic E-state index is 13.2. The zero-order valence-electron chi connectivity index (χ0n) is 18.6. The van der Waals surface area contributed by atoms with Gasteiger partial charge in [0.05, 0.1) is 0 Å². The molecule has 0 bridgehead atoms. The van der Waals surface area contributed by atoms with Crippen molar-refractivity contribution in [3.8, 4) is 12.3 Å². The number of imidazole rings is 1. The molecular formula is C27H30BrN3O. The van der Waals surface area contributed by atoms with Gasteiger partial charge in [-0.25, -0.2) is 9.13 Å². The van der Waals surface area contributed by atoms with Crippen LogP contribution >= 0.6 is 0 Å². The highest BCUT2D eigenvalue weighted by Crippen LogP contribution is 2.48. The van der Waals surface area contributed by atoms with Crippen LogP contribution in [-0.2, 0) is 10.2 Å². The summed E-state index contributed by atoms with van der Waals surface area (Å²) in [6.45, 7) is 4.13. The van der Waals surface area contributed by atoms with Gasteiger partial charge in [0.1, 0.15) is 23.9 Å². The summed E-state index contributed by atoms with van der Waals surface area (Å²) in [5.41, 5.74) is 7.32. The summed E-state index contributed by atoms with van der Waals surface area (Å²) < 4.78 is 4.44. The predicted molar refractivity (Wildman–Crippen MR) is 122 cm³/mol. The largest absolute Gasteiger partial charge is 1.00 e. The molecule has 166 valence electrons. The van der Waals surface area contributed by atoms with Crippen molar-refractivity contribution in [1.82, 2.24) is 4.57 Å². The van der Waals surface area contributed by atoms with Crippen LogP contribution in [0.2, 0.25) is 0 Å². The number of amides is 1. The highest BCUT2D eigenvalue weighted by molar-refractivity contribution is 5.91. The Morgan fingerprint density at radius 2 is 1.69 bits per heavy atom. The number of terminal acetylenes is 1. The van der Waals surface area contributed by atoms with E-state index >= 15 is 0 Å². The van der Waals surface area contributed by atoms with E-state index in [1.54, 1.807) is 0 Å².